The fourth-order valence-electron chi connectivity index (χ4n) is 0.675. The van der Waals surface area contributed by atoms with Crippen molar-refractivity contribution in [3.63, 3.8) is 0 Å². The standard InChI is InChI=1S/C6H9N3/c1-3-6-7-5-8-9(6)4-2/h3,5H,1,4H2,2H3. The minimum Gasteiger partial charge on any atom is -0.247 e. The molecule has 0 aliphatic heterocycles. The number of aromatic nitrogens is 3. The normalized spacial score (nSPS) is 9.44. The quantitative estimate of drug-likeness (QED) is 0.586. The van der Waals surface area contributed by atoms with Gasteiger partial charge >= 0.3 is 0 Å². The molecular weight excluding hydrogens is 114 g/mol. The molecule has 48 valence electrons. The second kappa shape index (κ2) is 2.44. The van der Waals surface area contributed by atoms with E-state index < -0.39 is 0 Å². The van der Waals surface area contributed by atoms with Crippen LogP contribution in [0.5, 0.6) is 0 Å². The molecule has 3 nitrogen and oxygen atoms in total. The molecular formula is C6H9N3. The molecule has 3 heteroatoms. The highest BCUT2D eigenvalue weighted by Gasteiger charge is 1.93. The average molecular weight is 123 g/mol. The number of nitrogens with zero attached hydrogens (tertiary/aromatic N) is 3. The van der Waals surface area contributed by atoms with Crippen LogP contribution < -0.4 is 0 Å². The maximum absolute atomic E-state index is 3.94. The molecule has 0 N–H and O–H groups in total. The third kappa shape index (κ3) is 0.988. The first-order valence-electron chi connectivity index (χ1n) is 2.88. The molecule has 0 fully saturated rings. The van der Waals surface area contributed by atoms with E-state index in [0.29, 0.717) is 0 Å². The Balaban J connectivity index is 2.98. The predicted molar refractivity (Wildman–Crippen MR) is 35.8 cm³/mol. The molecule has 0 bridgehead atoms. The van der Waals surface area contributed by atoms with Gasteiger partial charge in [-0.1, -0.05) is 6.58 Å². The molecule has 0 aromatic carbocycles. The maximum Gasteiger partial charge on any atom is 0.150 e. The molecule has 0 unspecified atom stereocenters. The summed E-state index contributed by atoms with van der Waals surface area (Å²) in [6.07, 6.45) is 3.22. The summed E-state index contributed by atoms with van der Waals surface area (Å²) in [6, 6.07) is 0. The topological polar surface area (TPSA) is 30.7 Å². The van der Waals surface area contributed by atoms with Crippen LogP contribution in [0.25, 0.3) is 6.08 Å². The molecule has 9 heavy (non-hydrogen) atoms. The van der Waals surface area contributed by atoms with Gasteiger partial charge < -0.3 is 0 Å². The first kappa shape index (κ1) is 6.01. The van der Waals surface area contributed by atoms with Crippen molar-refractivity contribution in [3.8, 4) is 0 Å². The third-order valence-electron chi connectivity index (χ3n) is 1.13. The zero-order valence-corrected chi connectivity index (χ0v) is 5.41. The van der Waals surface area contributed by atoms with Crippen LogP contribution in [0.4, 0.5) is 0 Å². The lowest BCUT2D eigenvalue weighted by molar-refractivity contribution is 0.651. The van der Waals surface area contributed by atoms with Crippen LogP contribution in [0, 0.1) is 0 Å². The van der Waals surface area contributed by atoms with Gasteiger partial charge in [0, 0.05) is 6.54 Å². The Morgan fingerprint density at radius 1 is 1.89 bits per heavy atom. The van der Waals surface area contributed by atoms with Crippen molar-refractivity contribution in [1.29, 1.82) is 0 Å². The smallest absolute Gasteiger partial charge is 0.150 e. The number of aryl methyl sites for hydroxylation is 1. The monoisotopic (exact) mass is 123 g/mol. The molecule has 0 aliphatic rings. The largest absolute Gasteiger partial charge is 0.247 e. The highest BCUT2D eigenvalue weighted by Crippen LogP contribution is 1.93. The summed E-state index contributed by atoms with van der Waals surface area (Å²) >= 11 is 0. The Kier molecular flexibility index (Phi) is 1.63. The van der Waals surface area contributed by atoms with E-state index in [-0.39, 0.29) is 0 Å². The van der Waals surface area contributed by atoms with Crippen molar-refractivity contribution in [2.45, 2.75) is 13.5 Å². The van der Waals surface area contributed by atoms with Crippen molar-refractivity contribution in [3.05, 3.63) is 18.7 Å². The number of rotatable bonds is 2. The molecule has 0 atom stereocenters. The number of hydrogen-bond acceptors (Lipinski definition) is 2. The highest BCUT2D eigenvalue weighted by molar-refractivity contribution is 5.35. The molecule has 0 radical (unpaired) electrons. The van der Waals surface area contributed by atoms with Crippen molar-refractivity contribution in [2.24, 2.45) is 0 Å². The van der Waals surface area contributed by atoms with Crippen LogP contribution in [0.15, 0.2) is 12.9 Å². The third-order valence-corrected chi connectivity index (χ3v) is 1.13. The van der Waals surface area contributed by atoms with Crippen LogP contribution in [0.1, 0.15) is 12.7 Å². The molecule has 1 aromatic rings. The van der Waals surface area contributed by atoms with Gasteiger partial charge in [-0.05, 0) is 13.0 Å². The maximum atomic E-state index is 3.94. The van der Waals surface area contributed by atoms with Crippen molar-refractivity contribution < 1.29 is 0 Å². The zero-order valence-electron chi connectivity index (χ0n) is 5.41. The van der Waals surface area contributed by atoms with Gasteiger partial charge in [0.05, 0.1) is 0 Å². The molecule has 0 saturated heterocycles. The summed E-state index contributed by atoms with van der Waals surface area (Å²) in [7, 11) is 0. The van der Waals surface area contributed by atoms with Gasteiger partial charge in [-0.15, -0.1) is 0 Å². The van der Waals surface area contributed by atoms with Gasteiger partial charge in [-0.25, -0.2) is 9.67 Å². The van der Waals surface area contributed by atoms with E-state index in [2.05, 4.69) is 16.7 Å². The second-order valence-corrected chi connectivity index (χ2v) is 1.64. The predicted octanol–water partition coefficient (Wildman–Crippen LogP) is 0.941. The molecule has 0 amide bonds. The van der Waals surface area contributed by atoms with Crippen LogP contribution in [0.3, 0.4) is 0 Å². The van der Waals surface area contributed by atoms with Crippen LogP contribution in [-0.2, 0) is 6.54 Å². The summed E-state index contributed by atoms with van der Waals surface area (Å²) in [4.78, 5) is 3.94. The lowest BCUT2D eigenvalue weighted by Gasteiger charge is -1.93. The highest BCUT2D eigenvalue weighted by atomic mass is 15.3. The Morgan fingerprint density at radius 2 is 2.67 bits per heavy atom. The summed E-state index contributed by atoms with van der Waals surface area (Å²) in [5.74, 6) is 0.831. The fourth-order valence-corrected chi connectivity index (χ4v) is 0.675. The van der Waals surface area contributed by atoms with Gasteiger partial charge in [0.1, 0.15) is 12.2 Å². The number of hydrogen-bond donors (Lipinski definition) is 0. The van der Waals surface area contributed by atoms with E-state index in [9.17, 15) is 0 Å². The summed E-state index contributed by atoms with van der Waals surface area (Å²) in [5, 5.41) is 3.94. The Labute approximate surface area is 54.0 Å². The Bertz CT molecular complexity index is 202. The fraction of sp³-hybridized carbons (Fsp3) is 0.333. The minimum absolute atomic E-state index is 0.831. The second-order valence-electron chi connectivity index (χ2n) is 1.64. The average Bonchev–Trinajstić information content (AvgIpc) is 2.33. The minimum atomic E-state index is 0.831. The van der Waals surface area contributed by atoms with E-state index in [1.165, 1.54) is 6.33 Å². The summed E-state index contributed by atoms with van der Waals surface area (Å²) in [6.45, 7) is 6.45. The van der Waals surface area contributed by atoms with Gasteiger partial charge in [-0.2, -0.15) is 5.10 Å². The van der Waals surface area contributed by atoms with Gasteiger partial charge in [0.25, 0.3) is 0 Å². The molecule has 1 rings (SSSR count). The van der Waals surface area contributed by atoms with Gasteiger partial charge in [0.15, 0.2) is 0 Å². The molecule has 0 saturated carbocycles. The van der Waals surface area contributed by atoms with E-state index in [4.69, 9.17) is 0 Å². The summed E-state index contributed by atoms with van der Waals surface area (Å²) < 4.78 is 1.78. The van der Waals surface area contributed by atoms with Gasteiger partial charge in [0.2, 0.25) is 0 Å². The Morgan fingerprint density at radius 3 is 3.11 bits per heavy atom. The van der Waals surface area contributed by atoms with E-state index >= 15 is 0 Å². The van der Waals surface area contributed by atoms with Crippen LogP contribution in [-0.4, -0.2) is 14.8 Å². The molecule has 0 aliphatic carbocycles. The van der Waals surface area contributed by atoms with Crippen molar-refractivity contribution in [2.75, 3.05) is 0 Å². The van der Waals surface area contributed by atoms with E-state index in [1.54, 1.807) is 10.8 Å². The molecule has 0 spiro atoms. The van der Waals surface area contributed by atoms with E-state index in [0.717, 1.165) is 12.4 Å². The first-order valence-corrected chi connectivity index (χ1v) is 2.88. The van der Waals surface area contributed by atoms with E-state index in [1.807, 2.05) is 6.92 Å². The summed E-state index contributed by atoms with van der Waals surface area (Å²) in [5.41, 5.74) is 0. The molecule has 1 heterocycles. The van der Waals surface area contributed by atoms with Crippen molar-refractivity contribution >= 4 is 6.08 Å². The van der Waals surface area contributed by atoms with Crippen LogP contribution >= 0.6 is 0 Å². The zero-order chi connectivity index (χ0) is 6.69. The van der Waals surface area contributed by atoms with Gasteiger partial charge in [-0.3, -0.25) is 0 Å². The van der Waals surface area contributed by atoms with Crippen LogP contribution in [0.2, 0.25) is 0 Å². The Hall–Kier alpha value is -1.12. The SMILES string of the molecule is C=Cc1ncnn1CC. The lowest BCUT2D eigenvalue weighted by atomic mass is 10.6. The first-order chi connectivity index (χ1) is 4.38. The molecule has 1 aromatic heterocycles. The van der Waals surface area contributed by atoms with Crippen molar-refractivity contribution in [1.82, 2.24) is 14.8 Å². The lowest BCUT2D eigenvalue weighted by Crippen LogP contribution is -1.98.